The van der Waals surface area contributed by atoms with Gasteiger partial charge in [0.25, 0.3) is 0 Å². The van der Waals surface area contributed by atoms with E-state index in [2.05, 4.69) is 10.3 Å². The number of benzene rings is 2. The summed E-state index contributed by atoms with van der Waals surface area (Å²) >= 11 is 1.54. The van der Waals surface area contributed by atoms with E-state index in [1.807, 2.05) is 18.2 Å². The number of fused-ring (bicyclic) bond motifs is 1. The lowest BCUT2D eigenvalue weighted by atomic mass is 10.2. The maximum Gasteiger partial charge on any atom is 0.248 e. The van der Waals surface area contributed by atoms with Crippen molar-refractivity contribution in [3.05, 3.63) is 53.5 Å². The predicted octanol–water partition coefficient (Wildman–Crippen LogP) is 3.36. The zero-order chi connectivity index (χ0) is 15.5. The van der Waals surface area contributed by atoms with Crippen molar-refractivity contribution < 1.29 is 15.0 Å². The number of thiazole rings is 1. The molecular formula is C16H12N2O3S. The van der Waals surface area contributed by atoms with Gasteiger partial charge in [-0.25, -0.2) is 4.98 Å². The molecule has 0 bridgehead atoms. The highest BCUT2D eigenvalue weighted by atomic mass is 32.1. The fourth-order valence-corrected chi connectivity index (χ4v) is 2.59. The topological polar surface area (TPSA) is 82.5 Å². The lowest BCUT2D eigenvalue weighted by Crippen LogP contribution is -2.07. The van der Waals surface area contributed by atoms with Gasteiger partial charge in [-0.2, -0.15) is 0 Å². The van der Waals surface area contributed by atoms with Crippen LogP contribution in [-0.2, 0) is 4.79 Å². The fourth-order valence-electron chi connectivity index (χ4n) is 1.94. The molecule has 0 spiro atoms. The van der Waals surface area contributed by atoms with Crippen LogP contribution in [0, 0.1) is 0 Å². The van der Waals surface area contributed by atoms with Gasteiger partial charge in [-0.05, 0) is 42.0 Å². The van der Waals surface area contributed by atoms with Crippen LogP contribution >= 0.6 is 11.3 Å². The number of amides is 1. The number of nitrogens with zero attached hydrogens (tertiary/aromatic N) is 1. The largest absolute Gasteiger partial charge is 0.504 e. The van der Waals surface area contributed by atoms with Crippen LogP contribution in [0.2, 0.25) is 0 Å². The third-order valence-corrected chi connectivity index (χ3v) is 3.83. The maximum absolute atomic E-state index is 11.9. The molecule has 3 aromatic rings. The predicted molar refractivity (Wildman–Crippen MR) is 87.1 cm³/mol. The Kier molecular flexibility index (Phi) is 3.76. The van der Waals surface area contributed by atoms with Gasteiger partial charge in [0.2, 0.25) is 5.91 Å². The Balaban J connectivity index is 1.71. The van der Waals surface area contributed by atoms with Crippen LogP contribution in [-0.4, -0.2) is 21.1 Å². The molecule has 0 saturated heterocycles. The Labute approximate surface area is 130 Å². The molecule has 0 saturated carbocycles. The van der Waals surface area contributed by atoms with E-state index in [-0.39, 0.29) is 17.4 Å². The summed E-state index contributed by atoms with van der Waals surface area (Å²) in [6.45, 7) is 0. The number of hydrogen-bond donors (Lipinski definition) is 3. The van der Waals surface area contributed by atoms with Crippen molar-refractivity contribution in [3.63, 3.8) is 0 Å². The first-order valence-corrected chi connectivity index (χ1v) is 7.34. The third-order valence-electron chi connectivity index (χ3n) is 3.02. The first-order chi connectivity index (χ1) is 10.6. The van der Waals surface area contributed by atoms with Gasteiger partial charge in [0.15, 0.2) is 11.5 Å². The molecule has 0 aliphatic rings. The fraction of sp³-hybridized carbons (Fsp3) is 0. The van der Waals surface area contributed by atoms with Crippen LogP contribution in [0.5, 0.6) is 11.5 Å². The molecule has 3 N–H and O–H groups in total. The van der Waals surface area contributed by atoms with E-state index >= 15 is 0 Å². The Morgan fingerprint density at radius 1 is 1.14 bits per heavy atom. The zero-order valence-corrected chi connectivity index (χ0v) is 12.2. The van der Waals surface area contributed by atoms with Crippen LogP contribution in [0.25, 0.3) is 16.3 Å². The molecule has 0 atom stereocenters. The minimum absolute atomic E-state index is 0.196. The van der Waals surface area contributed by atoms with Crippen molar-refractivity contribution in [1.29, 1.82) is 0 Å². The summed E-state index contributed by atoms with van der Waals surface area (Å²) in [5.74, 6) is -0.711. The second-order valence-electron chi connectivity index (χ2n) is 4.61. The molecule has 1 amide bonds. The van der Waals surface area contributed by atoms with Crippen LogP contribution in [0.15, 0.2) is 48.0 Å². The molecule has 0 fully saturated rings. The smallest absolute Gasteiger partial charge is 0.248 e. The third kappa shape index (κ3) is 3.07. The van der Waals surface area contributed by atoms with E-state index in [0.717, 1.165) is 10.2 Å². The lowest BCUT2D eigenvalue weighted by Gasteiger charge is -2.02. The van der Waals surface area contributed by atoms with E-state index in [1.165, 1.54) is 18.2 Å². The Morgan fingerprint density at radius 2 is 2.00 bits per heavy atom. The SMILES string of the molecule is O=C(/C=C/c1ccc(O)c(O)c1)Nc1ccc2scnc2c1. The van der Waals surface area contributed by atoms with E-state index in [4.69, 9.17) is 0 Å². The molecule has 0 aliphatic carbocycles. The number of aromatic hydroxyl groups is 2. The average molecular weight is 312 g/mol. The molecular weight excluding hydrogens is 300 g/mol. The Morgan fingerprint density at radius 3 is 2.82 bits per heavy atom. The first-order valence-electron chi connectivity index (χ1n) is 6.46. The van der Waals surface area contributed by atoms with Crippen molar-refractivity contribution in [1.82, 2.24) is 4.98 Å². The number of phenolic OH excluding ortho intramolecular Hbond substituents is 2. The number of phenols is 2. The van der Waals surface area contributed by atoms with Gasteiger partial charge in [-0.1, -0.05) is 6.07 Å². The van der Waals surface area contributed by atoms with Crippen LogP contribution in [0.4, 0.5) is 5.69 Å². The van der Waals surface area contributed by atoms with Crippen molar-refractivity contribution >= 4 is 39.2 Å². The minimum atomic E-state index is -0.290. The van der Waals surface area contributed by atoms with Crippen LogP contribution in [0.1, 0.15) is 5.56 Å². The van der Waals surface area contributed by atoms with Gasteiger partial charge in [0.1, 0.15) is 0 Å². The summed E-state index contributed by atoms with van der Waals surface area (Å²) in [6.07, 6.45) is 2.91. The second-order valence-corrected chi connectivity index (χ2v) is 5.49. The summed E-state index contributed by atoms with van der Waals surface area (Å²) < 4.78 is 1.06. The molecule has 0 radical (unpaired) electrons. The normalized spacial score (nSPS) is 11.1. The standard InChI is InChI=1S/C16H12N2O3S/c19-13-4-1-10(7-14(13)20)2-6-16(21)18-11-3-5-15-12(8-11)17-9-22-15/h1-9,19-20H,(H,18,21)/b6-2+. The Bertz CT molecular complexity index is 871. The molecule has 3 rings (SSSR count). The minimum Gasteiger partial charge on any atom is -0.504 e. The van der Waals surface area contributed by atoms with Gasteiger partial charge >= 0.3 is 0 Å². The summed E-state index contributed by atoms with van der Waals surface area (Å²) in [5, 5.41) is 21.4. The van der Waals surface area contributed by atoms with Crippen molar-refractivity contribution in [2.45, 2.75) is 0 Å². The molecule has 22 heavy (non-hydrogen) atoms. The highest BCUT2D eigenvalue weighted by Gasteiger charge is 2.02. The Hall–Kier alpha value is -2.86. The van der Waals surface area contributed by atoms with Crippen molar-refractivity contribution in [2.75, 3.05) is 5.32 Å². The second kappa shape index (κ2) is 5.87. The summed E-state index contributed by atoms with van der Waals surface area (Å²) in [7, 11) is 0. The lowest BCUT2D eigenvalue weighted by molar-refractivity contribution is -0.111. The summed E-state index contributed by atoms with van der Waals surface area (Å²) in [5.41, 5.74) is 3.88. The number of aromatic nitrogens is 1. The average Bonchev–Trinajstić information content (AvgIpc) is 2.96. The molecule has 0 aliphatic heterocycles. The quantitative estimate of drug-likeness (QED) is 0.511. The van der Waals surface area contributed by atoms with Crippen LogP contribution in [0.3, 0.4) is 0 Å². The van der Waals surface area contributed by atoms with Gasteiger partial charge in [-0.3, -0.25) is 4.79 Å². The zero-order valence-electron chi connectivity index (χ0n) is 11.4. The van der Waals surface area contributed by atoms with Crippen molar-refractivity contribution in [3.8, 4) is 11.5 Å². The number of hydrogen-bond acceptors (Lipinski definition) is 5. The van der Waals surface area contributed by atoms with Gasteiger partial charge in [-0.15, -0.1) is 11.3 Å². The highest BCUT2D eigenvalue weighted by Crippen LogP contribution is 2.25. The van der Waals surface area contributed by atoms with Gasteiger partial charge < -0.3 is 15.5 Å². The van der Waals surface area contributed by atoms with E-state index in [1.54, 1.807) is 29.0 Å². The highest BCUT2D eigenvalue weighted by molar-refractivity contribution is 7.16. The van der Waals surface area contributed by atoms with Gasteiger partial charge in [0, 0.05) is 11.8 Å². The van der Waals surface area contributed by atoms with E-state index < -0.39 is 0 Å². The number of carbonyl (C=O) groups is 1. The van der Waals surface area contributed by atoms with Gasteiger partial charge in [0.05, 0.1) is 15.7 Å². The summed E-state index contributed by atoms with van der Waals surface area (Å²) in [4.78, 5) is 16.1. The molecule has 5 nitrogen and oxygen atoms in total. The number of anilines is 1. The molecule has 6 heteroatoms. The van der Waals surface area contributed by atoms with E-state index in [0.29, 0.717) is 11.3 Å². The number of rotatable bonds is 3. The molecule has 0 unspecified atom stereocenters. The summed E-state index contributed by atoms with van der Waals surface area (Å²) in [6, 6.07) is 9.87. The molecule has 110 valence electrons. The van der Waals surface area contributed by atoms with E-state index in [9.17, 15) is 15.0 Å². The molecule has 1 aromatic heterocycles. The maximum atomic E-state index is 11.9. The molecule has 2 aromatic carbocycles. The monoisotopic (exact) mass is 312 g/mol. The molecule has 1 heterocycles. The van der Waals surface area contributed by atoms with Crippen molar-refractivity contribution in [2.24, 2.45) is 0 Å². The number of carbonyl (C=O) groups excluding carboxylic acids is 1. The first kappa shape index (κ1) is 14.1. The van der Waals surface area contributed by atoms with Crippen LogP contribution < -0.4 is 5.32 Å². The number of nitrogens with one attached hydrogen (secondary N) is 1.